The van der Waals surface area contributed by atoms with E-state index in [1.165, 1.54) is 5.56 Å². The van der Waals surface area contributed by atoms with Crippen molar-refractivity contribution in [2.24, 2.45) is 0 Å². The van der Waals surface area contributed by atoms with E-state index in [1.807, 2.05) is 32.0 Å². The highest BCUT2D eigenvalue weighted by atomic mass is 16.5. The Labute approximate surface area is 142 Å². The van der Waals surface area contributed by atoms with Crippen molar-refractivity contribution in [3.63, 3.8) is 0 Å². The molecule has 0 spiro atoms. The fraction of sp³-hybridized carbons (Fsp3) is 0.300. The third kappa shape index (κ3) is 4.95. The first kappa shape index (κ1) is 17.7. The summed E-state index contributed by atoms with van der Waals surface area (Å²) >= 11 is 0. The number of amides is 1. The van der Waals surface area contributed by atoms with Crippen LogP contribution >= 0.6 is 0 Å². The van der Waals surface area contributed by atoms with E-state index in [0.717, 1.165) is 17.0 Å². The summed E-state index contributed by atoms with van der Waals surface area (Å²) in [5.41, 5.74) is 3.77. The van der Waals surface area contributed by atoms with Crippen LogP contribution in [-0.2, 0) is 4.79 Å². The van der Waals surface area contributed by atoms with Gasteiger partial charge in [0.15, 0.2) is 5.78 Å². The Morgan fingerprint density at radius 3 is 2.29 bits per heavy atom. The summed E-state index contributed by atoms with van der Waals surface area (Å²) in [6.07, 6.45) is 1.21. The van der Waals surface area contributed by atoms with Crippen LogP contribution in [0.5, 0.6) is 5.75 Å². The molecule has 126 valence electrons. The van der Waals surface area contributed by atoms with Gasteiger partial charge in [-0.1, -0.05) is 6.07 Å². The SMILES string of the molecule is COc1ccc(C(=O)CCCC(=O)Nc2ccc(C)c(C)c2)cc1. The lowest BCUT2D eigenvalue weighted by Crippen LogP contribution is -2.12. The molecule has 0 radical (unpaired) electrons. The summed E-state index contributed by atoms with van der Waals surface area (Å²) in [6, 6.07) is 12.8. The first-order valence-corrected chi connectivity index (χ1v) is 8.04. The average Bonchev–Trinajstić information content (AvgIpc) is 2.58. The predicted octanol–water partition coefficient (Wildman–Crippen LogP) is 4.30. The molecule has 0 heterocycles. The van der Waals surface area contributed by atoms with Crippen molar-refractivity contribution in [3.8, 4) is 5.75 Å². The molecule has 0 saturated heterocycles. The molecule has 0 aromatic heterocycles. The molecule has 24 heavy (non-hydrogen) atoms. The highest BCUT2D eigenvalue weighted by Gasteiger charge is 2.08. The van der Waals surface area contributed by atoms with Crippen LogP contribution < -0.4 is 10.1 Å². The van der Waals surface area contributed by atoms with E-state index in [4.69, 9.17) is 4.74 Å². The van der Waals surface area contributed by atoms with Gasteiger partial charge in [0.05, 0.1) is 7.11 Å². The van der Waals surface area contributed by atoms with Crippen LogP contribution in [0.25, 0.3) is 0 Å². The fourth-order valence-electron chi connectivity index (χ4n) is 2.37. The molecule has 4 nitrogen and oxygen atoms in total. The Bertz CT molecular complexity index is 720. The van der Waals surface area contributed by atoms with Crippen LogP contribution in [0.3, 0.4) is 0 Å². The summed E-state index contributed by atoms with van der Waals surface area (Å²) < 4.78 is 5.07. The zero-order valence-electron chi connectivity index (χ0n) is 14.4. The molecule has 2 rings (SSSR count). The van der Waals surface area contributed by atoms with E-state index in [2.05, 4.69) is 5.32 Å². The van der Waals surface area contributed by atoms with Crippen molar-refractivity contribution in [3.05, 3.63) is 59.2 Å². The summed E-state index contributed by atoms with van der Waals surface area (Å²) in [4.78, 5) is 24.1. The van der Waals surface area contributed by atoms with Gasteiger partial charge in [0.1, 0.15) is 5.75 Å². The van der Waals surface area contributed by atoms with Gasteiger partial charge in [0.2, 0.25) is 5.91 Å². The van der Waals surface area contributed by atoms with Crippen molar-refractivity contribution in [2.45, 2.75) is 33.1 Å². The largest absolute Gasteiger partial charge is 0.497 e. The number of ketones is 1. The Kier molecular flexibility index (Phi) is 6.13. The van der Waals surface area contributed by atoms with Gasteiger partial charge in [-0.15, -0.1) is 0 Å². The standard InChI is InChI=1S/C20H23NO3/c1-14-7-10-17(13-15(14)2)21-20(23)6-4-5-19(22)16-8-11-18(24-3)12-9-16/h7-13H,4-6H2,1-3H3,(H,21,23). The van der Waals surface area contributed by atoms with Crippen molar-refractivity contribution in [1.29, 1.82) is 0 Å². The zero-order chi connectivity index (χ0) is 17.5. The van der Waals surface area contributed by atoms with E-state index in [9.17, 15) is 9.59 Å². The maximum atomic E-state index is 12.1. The van der Waals surface area contributed by atoms with Crippen molar-refractivity contribution >= 4 is 17.4 Å². The van der Waals surface area contributed by atoms with Gasteiger partial charge in [-0.05, 0) is 67.8 Å². The molecule has 0 unspecified atom stereocenters. The number of methoxy groups -OCH3 is 1. The Morgan fingerprint density at radius 2 is 1.67 bits per heavy atom. The number of carbonyl (C=O) groups excluding carboxylic acids is 2. The molecule has 4 heteroatoms. The number of ether oxygens (including phenoxy) is 1. The highest BCUT2D eigenvalue weighted by Crippen LogP contribution is 2.16. The van der Waals surface area contributed by atoms with Crippen LogP contribution in [-0.4, -0.2) is 18.8 Å². The van der Waals surface area contributed by atoms with Gasteiger partial charge >= 0.3 is 0 Å². The van der Waals surface area contributed by atoms with E-state index < -0.39 is 0 Å². The number of Topliss-reactive ketones (excluding diaryl/α,β-unsaturated/α-hetero) is 1. The molecule has 0 atom stereocenters. The van der Waals surface area contributed by atoms with Crippen LogP contribution in [0, 0.1) is 13.8 Å². The lowest BCUT2D eigenvalue weighted by atomic mass is 10.1. The quantitative estimate of drug-likeness (QED) is 0.772. The number of rotatable bonds is 7. The number of aryl methyl sites for hydroxylation is 2. The number of benzene rings is 2. The smallest absolute Gasteiger partial charge is 0.224 e. The average molecular weight is 325 g/mol. The first-order chi connectivity index (χ1) is 11.5. The van der Waals surface area contributed by atoms with Gasteiger partial charge in [0, 0.05) is 24.1 Å². The van der Waals surface area contributed by atoms with E-state index in [0.29, 0.717) is 24.8 Å². The minimum atomic E-state index is -0.0687. The summed E-state index contributed by atoms with van der Waals surface area (Å²) in [7, 11) is 1.59. The fourth-order valence-corrected chi connectivity index (χ4v) is 2.37. The summed E-state index contributed by atoms with van der Waals surface area (Å²) in [5, 5.41) is 2.87. The van der Waals surface area contributed by atoms with Gasteiger partial charge in [-0.2, -0.15) is 0 Å². The molecule has 0 aliphatic carbocycles. The van der Waals surface area contributed by atoms with Crippen LogP contribution in [0.2, 0.25) is 0 Å². The van der Waals surface area contributed by atoms with Crippen molar-refractivity contribution in [2.75, 3.05) is 12.4 Å². The maximum Gasteiger partial charge on any atom is 0.224 e. The molecule has 2 aromatic carbocycles. The third-order valence-corrected chi connectivity index (χ3v) is 4.01. The number of nitrogens with one attached hydrogen (secondary N) is 1. The molecule has 1 N–H and O–H groups in total. The van der Waals surface area contributed by atoms with Crippen molar-refractivity contribution < 1.29 is 14.3 Å². The van der Waals surface area contributed by atoms with Crippen LogP contribution in [0.4, 0.5) is 5.69 Å². The highest BCUT2D eigenvalue weighted by molar-refractivity contribution is 5.96. The number of hydrogen-bond donors (Lipinski definition) is 1. The van der Waals surface area contributed by atoms with Crippen LogP contribution in [0.15, 0.2) is 42.5 Å². The molecule has 0 saturated carbocycles. The topological polar surface area (TPSA) is 55.4 Å². The molecule has 2 aromatic rings. The molecule has 0 bridgehead atoms. The third-order valence-electron chi connectivity index (χ3n) is 4.01. The summed E-state index contributed by atoms with van der Waals surface area (Å²) in [6.45, 7) is 4.05. The number of anilines is 1. The Balaban J connectivity index is 1.79. The lowest BCUT2D eigenvalue weighted by Gasteiger charge is -2.07. The van der Waals surface area contributed by atoms with E-state index >= 15 is 0 Å². The molecular weight excluding hydrogens is 302 g/mol. The second kappa shape index (κ2) is 8.29. The van der Waals surface area contributed by atoms with E-state index in [1.54, 1.807) is 31.4 Å². The van der Waals surface area contributed by atoms with Crippen LogP contribution in [0.1, 0.15) is 40.7 Å². The first-order valence-electron chi connectivity index (χ1n) is 8.04. The van der Waals surface area contributed by atoms with Gasteiger partial charge < -0.3 is 10.1 Å². The molecule has 0 fully saturated rings. The normalized spacial score (nSPS) is 10.3. The molecular formula is C20H23NO3. The number of hydrogen-bond acceptors (Lipinski definition) is 3. The second-order valence-corrected chi connectivity index (χ2v) is 5.85. The minimum absolute atomic E-state index is 0.0385. The lowest BCUT2D eigenvalue weighted by molar-refractivity contribution is -0.116. The van der Waals surface area contributed by atoms with Gasteiger partial charge in [0.25, 0.3) is 0 Å². The molecule has 0 aliphatic rings. The van der Waals surface area contributed by atoms with Gasteiger partial charge in [-0.25, -0.2) is 0 Å². The minimum Gasteiger partial charge on any atom is -0.497 e. The van der Waals surface area contributed by atoms with E-state index in [-0.39, 0.29) is 11.7 Å². The van der Waals surface area contributed by atoms with Crippen molar-refractivity contribution in [1.82, 2.24) is 0 Å². The summed E-state index contributed by atoms with van der Waals surface area (Å²) in [5.74, 6) is 0.691. The monoisotopic (exact) mass is 325 g/mol. The van der Waals surface area contributed by atoms with Gasteiger partial charge in [-0.3, -0.25) is 9.59 Å². The number of carbonyl (C=O) groups is 2. The maximum absolute atomic E-state index is 12.1. The predicted molar refractivity (Wildman–Crippen MR) is 95.7 cm³/mol. The zero-order valence-corrected chi connectivity index (χ0v) is 14.4. The molecule has 1 amide bonds. The molecule has 0 aliphatic heterocycles. The second-order valence-electron chi connectivity index (χ2n) is 5.85. The Morgan fingerprint density at radius 1 is 0.958 bits per heavy atom. The Hall–Kier alpha value is -2.62.